The predicted molar refractivity (Wildman–Crippen MR) is 188 cm³/mol. The maximum absolute atomic E-state index is 16.9. The Hall–Kier alpha value is -4.27. The summed E-state index contributed by atoms with van der Waals surface area (Å²) < 4.78 is 78.7. The van der Waals surface area contributed by atoms with Crippen molar-refractivity contribution in [3.05, 3.63) is 34.9 Å². The molecule has 11 nitrogen and oxygen atoms in total. The Morgan fingerprint density at radius 3 is 2.52 bits per heavy atom. The average Bonchev–Trinajstić information content (AvgIpc) is 3.78. The van der Waals surface area contributed by atoms with Gasteiger partial charge >= 0.3 is 12.0 Å². The van der Waals surface area contributed by atoms with Crippen LogP contribution in [-0.2, 0) is 0 Å². The smallest absolute Gasteiger partial charge is 0.321 e. The van der Waals surface area contributed by atoms with E-state index in [0.717, 1.165) is 55.0 Å². The lowest BCUT2D eigenvalue weighted by molar-refractivity contribution is -0.0131. The van der Waals surface area contributed by atoms with Gasteiger partial charge in [0.1, 0.15) is 29.8 Å². The largest absolute Gasteiger partial charge is 0.461 e. The minimum Gasteiger partial charge on any atom is -0.461 e. The highest BCUT2D eigenvalue weighted by Crippen LogP contribution is 2.44. The Labute approximate surface area is 304 Å². The van der Waals surface area contributed by atoms with E-state index in [0.29, 0.717) is 20.1 Å². The van der Waals surface area contributed by atoms with Gasteiger partial charge in [-0.3, -0.25) is 9.29 Å². The summed E-state index contributed by atoms with van der Waals surface area (Å²) in [6, 6.07) is 4.48. The lowest BCUT2D eigenvalue weighted by Crippen LogP contribution is -2.57. The number of hydrogen-bond acceptors (Lipinski definition) is 10. The Morgan fingerprint density at radius 2 is 1.83 bits per heavy atom. The van der Waals surface area contributed by atoms with Gasteiger partial charge in [-0.2, -0.15) is 15.2 Å². The van der Waals surface area contributed by atoms with Crippen LogP contribution < -0.4 is 15.4 Å². The molecule has 4 aliphatic rings. The lowest BCUT2D eigenvalue weighted by Gasteiger charge is -2.39. The number of nitrogens with zero attached hydrogens (tertiary/aromatic N) is 8. The monoisotopic (exact) mass is 763 g/mol. The number of carbonyl (C=O) groups excluding carboxylic acids is 1. The Balaban J connectivity index is 0.00000207. The molecule has 6 heterocycles. The molecule has 52 heavy (non-hydrogen) atoms. The lowest BCUT2D eigenvalue weighted by atomic mass is 9.95. The second-order valence-electron chi connectivity index (χ2n) is 13.4. The van der Waals surface area contributed by atoms with E-state index in [2.05, 4.69) is 19.9 Å². The number of aromatic nitrogens is 3. The van der Waals surface area contributed by atoms with E-state index in [4.69, 9.17) is 22.1 Å². The number of nitrogen functional groups attached to an aromatic ring is 1. The molecule has 0 spiro atoms. The fourth-order valence-corrected chi connectivity index (χ4v) is 8.91. The molecule has 1 atom stereocenters. The number of hydrogen-bond donors (Lipinski definition) is 1. The SMILES string of the molecule is CF.N#CC1CCN1C(=O)N1CCN(c2nc(OCC34CCCN3CCC4)nc3c(F)c(-c4ccc(F)c5sc(N)nc45)c(Cl)cc23)CC(F)(F)C1. The number of nitriles is 1. The average molecular weight is 764 g/mol. The molecule has 4 saturated heterocycles. The van der Waals surface area contributed by atoms with Crippen LogP contribution >= 0.6 is 22.9 Å². The molecule has 0 aliphatic carbocycles. The van der Waals surface area contributed by atoms with Gasteiger partial charge in [0.05, 0.1) is 47.1 Å². The second kappa shape index (κ2) is 13.9. The van der Waals surface area contributed by atoms with Crippen molar-refractivity contribution in [1.82, 2.24) is 29.7 Å². The fourth-order valence-electron chi connectivity index (χ4n) is 7.85. The molecule has 0 bridgehead atoms. The molecule has 0 radical (unpaired) electrons. The highest BCUT2D eigenvalue weighted by atomic mass is 35.5. The first-order valence-electron chi connectivity index (χ1n) is 16.9. The number of halogens is 6. The van der Waals surface area contributed by atoms with Crippen LogP contribution in [0.5, 0.6) is 6.01 Å². The molecular formula is C34H35ClF5N9O2S. The molecule has 4 aliphatic heterocycles. The molecule has 4 fully saturated rings. The molecule has 2 aromatic heterocycles. The zero-order valence-electron chi connectivity index (χ0n) is 28.1. The number of alkyl halides is 3. The van der Waals surface area contributed by atoms with Crippen molar-refractivity contribution >= 4 is 61.0 Å². The Bertz CT molecular complexity index is 2070. The fraction of sp³-hybridized carbons (Fsp3) is 0.500. The number of likely N-dealkylation sites (tertiary alicyclic amines) is 1. The van der Waals surface area contributed by atoms with Crippen molar-refractivity contribution in [2.75, 3.05) is 70.2 Å². The van der Waals surface area contributed by atoms with Gasteiger partial charge in [-0.1, -0.05) is 22.9 Å². The van der Waals surface area contributed by atoms with Crippen molar-refractivity contribution < 1.29 is 31.5 Å². The molecule has 2 N–H and O–H groups in total. The predicted octanol–water partition coefficient (Wildman–Crippen LogP) is 6.49. The van der Waals surface area contributed by atoms with Crippen LogP contribution in [0.25, 0.3) is 32.2 Å². The number of thiazole rings is 1. The molecule has 0 saturated carbocycles. The summed E-state index contributed by atoms with van der Waals surface area (Å²) in [5.41, 5.74) is 5.65. The summed E-state index contributed by atoms with van der Waals surface area (Å²) in [7, 11) is 0.500. The molecule has 1 unspecified atom stereocenters. The number of anilines is 2. The number of ether oxygens (including phenoxy) is 1. The molecule has 8 rings (SSSR count). The summed E-state index contributed by atoms with van der Waals surface area (Å²) >= 11 is 7.67. The van der Waals surface area contributed by atoms with E-state index in [1.54, 1.807) is 0 Å². The Morgan fingerprint density at radius 1 is 1.08 bits per heavy atom. The van der Waals surface area contributed by atoms with E-state index >= 15 is 13.2 Å². The number of benzene rings is 2. The van der Waals surface area contributed by atoms with Gasteiger partial charge in [0.15, 0.2) is 10.9 Å². The first-order chi connectivity index (χ1) is 25.0. The number of fused-ring (bicyclic) bond motifs is 3. The van der Waals surface area contributed by atoms with Crippen LogP contribution in [0.4, 0.5) is 37.7 Å². The molecule has 2 amide bonds. The summed E-state index contributed by atoms with van der Waals surface area (Å²) in [6.07, 6.45) is 4.36. The Kier molecular flexibility index (Phi) is 9.68. The van der Waals surface area contributed by atoms with E-state index < -0.39 is 42.7 Å². The normalized spacial score (nSPS) is 21.0. The summed E-state index contributed by atoms with van der Waals surface area (Å²) in [5, 5.41) is 9.38. The van der Waals surface area contributed by atoms with Crippen molar-refractivity contribution in [3.63, 3.8) is 0 Å². The van der Waals surface area contributed by atoms with Crippen molar-refractivity contribution in [1.29, 1.82) is 5.26 Å². The van der Waals surface area contributed by atoms with Gasteiger partial charge in [-0.15, -0.1) is 0 Å². The van der Waals surface area contributed by atoms with Crippen LogP contribution in [-0.4, -0.2) is 113 Å². The van der Waals surface area contributed by atoms with Crippen LogP contribution in [0.2, 0.25) is 5.02 Å². The first-order valence-corrected chi connectivity index (χ1v) is 18.0. The van der Waals surface area contributed by atoms with E-state index in [1.807, 2.05) is 6.07 Å². The van der Waals surface area contributed by atoms with Crippen LogP contribution in [0.1, 0.15) is 32.1 Å². The highest BCUT2D eigenvalue weighted by Gasteiger charge is 2.46. The van der Waals surface area contributed by atoms with Crippen LogP contribution in [0.3, 0.4) is 0 Å². The van der Waals surface area contributed by atoms with Gasteiger partial charge in [0.25, 0.3) is 5.92 Å². The van der Waals surface area contributed by atoms with E-state index in [1.165, 1.54) is 28.0 Å². The van der Waals surface area contributed by atoms with Crippen molar-refractivity contribution in [2.45, 2.75) is 49.6 Å². The molecule has 18 heteroatoms. The maximum atomic E-state index is 16.9. The minimum absolute atomic E-state index is 0.0282. The number of nitrogens with two attached hydrogens (primary N) is 1. The second-order valence-corrected chi connectivity index (χ2v) is 14.9. The van der Waals surface area contributed by atoms with Gasteiger partial charge in [-0.05, 0) is 63.4 Å². The molecule has 2 aromatic carbocycles. The topological polar surface area (TPSA) is 128 Å². The highest BCUT2D eigenvalue weighted by molar-refractivity contribution is 7.22. The third-order valence-electron chi connectivity index (χ3n) is 10.4. The first kappa shape index (κ1) is 36.1. The third-order valence-corrected chi connectivity index (χ3v) is 11.6. The van der Waals surface area contributed by atoms with Gasteiger partial charge in [0.2, 0.25) is 0 Å². The van der Waals surface area contributed by atoms with Crippen LogP contribution in [0.15, 0.2) is 18.2 Å². The van der Waals surface area contributed by atoms with E-state index in [9.17, 15) is 18.8 Å². The molecule has 4 aromatic rings. The quantitative estimate of drug-likeness (QED) is 0.227. The summed E-state index contributed by atoms with van der Waals surface area (Å²) in [5.74, 6) is -4.88. The number of carbonyl (C=O) groups is 1. The summed E-state index contributed by atoms with van der Waals surface area (Å²) in [4.78, 5) is 32.5. The van der Waals surface area contributed by atoms with Gasteiger partial charge < -0.3 is 25.2 Å². The third kappa shape index (κ3) is 6.28. The van der Waals surface area contributed by atoms with Gasteiger partial charge in [0, 0.05) is 36.1 Å². The maximum Gasteiger partial charge on any atom is 0.321 e. The zero-order chi connectivity index (χ0) is 36.9. The van der Waals surface area contributed by atoms with Crippen molar-refractivity contribution in [2.24, 2.45) is 0 Å². The van der Waals surface area contributed by atoms with Crippen molar-refractivity contribution in [3.8, 4) is 23.2 Å². The zero-order valence-corrected chi connectivity index (χ0v) is 29.7. The summed E-state index contributed by atoms with van der Waals surface area (Å²) in [6.45, 7) is 0.572. The number of urea groups is 1. The number of rotatable bonds is 5. The van der Waals surface area contributed by atoms with Crippen LogP contribution in [0, 0.1) is 23.0 Å². The minimum atomic E-state index is -3.39. The van der Waals surface area contributed by atoms with E-state index in [-0.39, 0.29) is 79.5 Å². The number of amides is 2. The molecular weight excluding hydrogens is 729 g/mol. The van der Waals surface area contributed by atoms with Gasteiger partial charge in [-0.25, -0.2) is 27.3 Å². The standard InChI is InChI=1S/C33H32ClF4N9O2S.CH3F/c34-21-13-20-25(24(36)23(21)19-3-4-22(35)27-26(19)41-29(40)50-27)42-30(49-17-32-6-1-8-46(32)9-2-7-32)43-28(20)44-11-12-45(16-33(37,38)15-44)31(48)47-10-5-18(47)14-39;1-2/h3-4,13,18H,1-2,5-12,15-17H2,(H2,40,41);1H3. The molecule has 276 valence electrons.